The Morgan fingerprint density at radius 3 is 3.00 bits per heavy atom. The van der Waals surface area contributed by atoms with E-state index in [0.29, 0.717) is 36.9 Å². The number of methoxy groups -OCH3 is 1. The average Bonchev–Trinajstić information content (AvgIpc) is 2.97. The van der Waals surface area contributed by atoms with Gasteiger partial charge in [-0.25, -0.2) is 4.98 Å². The van der Waals surface area contributed by atoms with Crippen molar-refractivity contribution in [2.24, 2.45) is 5.73 Å². The highest BCUT2D eigenvalue weighted by molar-refractivity contribution is 7.09. The standard InChI is InChI=1S/C14H17N3O3S/c1-19-5-6-20-11-4-2-3-10(7-11)16-14(18)12-9-21-13(8-15)17-12/h2-4,7,9H,5-6,8,15H2,1H3,(H,16,18). The Hall–Kier alpha value is -1.96. The quantitative estimate of drug-likeness (QED) is 0.763. The fourth-order valence-corrected chi connectivity index (χ4v) is 2.27. The molecule has 1 amide bonds. The molecule has 3 N–H and O–H groups in total. The molecule has 0 fully saturated rings. The first-order valence-electron chi connectivity index (χ1n) is 6.40. The first-order chi connectivity index (χ1) is 10.2. The second-order valence-corrected chi connectivity index (χ2v) is 5.10. The molecule has 0 saturated heterocycles. The monoisotopic (exact) mass is 307 g/mol. The second-order valence-electron chi connectivity index (χ2n) is 4.15. The number of nitrogens with one attached hydrogen (secondary N) is 1. The van der Waals surface area contributed by atoms with Gasteiger partial charge in [-0.2, -0.15) is 0 Å². The van der Waals surface area contributed by atoms with Crippen molar-refractivity contribution in [2.45, 2.75) is 6.54 Å². The number of ether oxygens (including phenoxy) is 2. The van der Waals surface area contributed by atoms with Crippen molar-refractivity contribution >= 4 is 22.9 Å². The number of carbonyl (C=O) groups excluding carboxylic acids is 1. The maximum Gasteiger partial charge on any atom is 0.275 e. The zero-order chi connectivity index (χ0) is 15.1. The molecule has 1 heterocycles. The smallest absolute Gasteiger partial charge is 0.275 e. The molecule has 0 aliphatic heterocycles. The van der Waals surface area contributed by atoms with Crippen LogP contribution < -0.4 is 15.8 Å². The molecule has 112 valence electrons. The summed E-state index contributed by atoms with van der Waals surface area (Å²) in [5.41, 5.74) is 6.50. The van der Waals surface area contributed by atoms with E-state index in [0.717, 1.165) is 5.01 Å². The Morgan fingerprint density at radius 1 is 1.43 bits per heavy atom. The molecule has 2 rings (SSSR count). The highest BCUT2D eigenvalue weighted by Gasteiger charge is 2.10. The largest absolute Gasteiger partial charge is 0.491 e. The average molecular weight is 307 g/mol. The molecule has 0 aliphatic carbocycles. The molecular formula is C14H17N3O3S. The number of benzene rings is 1. The lowest BCUT2D eigenvalue weighted by molar-refractivity contribution is 0.102. The minimum absolute atomic E-state index is 0.264. The molecular weight excluding hydrogens is 290 g/mol. The highest BCUT2D eigenvalue weighted by Crippen LogP contribution is 2.18. The van der Waals surface area contributed by atoms with E-state index in [4.69, 9.17) is 15.2 Å². The van der Waals surface area contributed by atoms with Crippen LogP contribution >= 0.6 is 11.3 Å². The van der Waals surface area contributed by atoms with Gasteiger partial charge in [0.15, 0.2) is 0 Å². The number of anilines is 1. The minimum atomic E-state index is -0.264. The number of hydrogen-bond acceptors (Lipinski definition) is 6. The fourth-order valence-electron chi connectivity index (χ4n) is 1.61. The van der Waals surface area contributed by atoms with Crippen molar-refractivity contribution in [1.82, 2.24) is 4.98 Å². The highest BCUT2D eigenvalue weighted by atomic mass is 32.1. The molecule has 0 spiro atoms. The van der Waals surface area contributed by atoms with Crippen molar-refractivity contribution in [3.63, 3.8) is 0 Å². The molecule has 0 bridgehead atoms. The summed E-state index contributed by atoms with van der Waals surface area (Å²) >= 11 is 1.37. The van der Waals surface area contributed by atoms with Crippen LogP contribution in [0.5, 0.6) is 5.75 Å². The van der Waals surface area contributed by atoms with E-state index in [2.05, 4.69) is 10.3 Å². The zero-order valence-electron chi connectivity index (χ0n) is 11.7. The van der Waals surface area contributed by atoms with Crippen LogP contribution in [-0.2, 0) is 11.3 Å². The third-order valence-electron chi connectivity index (χ3n) is 2.61. The van der Waals surface area contributed by atoms with Gasteiger partial charge < -0.3 is 20.5 Å². The molecule has 0 atom stereocenters. The van der Waals surface area contributed by atoms with E-state index in [1.165, 1.54) is 11.3 Å². The lowest BCUT2D eigenvalue weighted by Crippen LogP contribution is -2.13. The van der Waals surface area contributed by atoms with Crippen LogP contribution in [0.3, 0.4) is 0 Å². The lowest BCUT2D eigenvalue weighted by Gasteiger charge is -2.08. The van der Waals surface area contributed by atoms with Gasteiger partial charge in [-0.1, -0.05) is 6.07 Å². The van der Waals surface area contributed by atoms with Gasteiger partial charge >= 0.3 is 0 Å². The van der Waals surface area contributed by atoms with Gasteiger partial charge in [0.05, 0.1) is 6.61 Å². The van der Waals surface area contributed by atoms with Crippen LogP contribution in [0.25, 0.3) is 0 Å². The molecule has 2 aromatic rings. The lowest BCUT2D eigenvalue weighted by atomic mass is 10.3. The molecule has 7 heteroatoms. The summed E-state index contributed by atoms with van der Waals surface area (Å²) in [5.74, 6) is 0.408. The summed E-state index contributed by atoms with van der Waals surface area (Å²) in [6.45, 7) is 1.30. The van der Waals surface area contributed by atoms with Crippen LogP contribution in [0.15, 0.2) is 29.6 Å². The second kappa shape index (κ2) is 7.72. The first kappa shape index (κ1) is 15.4. The third kappa shape index (κ3) is 4.52. The van der Waals surface area contributed by atoms with Gasteiger partial charge in [0.25, 0.3) is 5.91 Å². The van der Waals surface area contributed by atoms with E-state index in [9.17, 15) is 4.79 Å². The van der Waals surface area contributed by atoms with E-state index in [1.54, 1.807) is 24.6 Å². The predicted octanol–water partition coefficient (Wildman–Crippen LogP) is 1.88. The van der Waals surface area contributed by atoms with Gasteiger partial charge in [-0.3, -0.25) is 4.79 Å². The Labute approximate surface area is 126 Å². The van der Waals surface area contributed by atoms with Crippen molar-refractivity contribution in [2.75, 3.05) is 25.6 Å². The normalized spacial score (nSPS) is 10.4. The third-order valence-corrected chi connectivity index (χ3v) is 3.48. The Morgan fingerprint density at radius 2 is 2.29 bits per heavy atom. The van der Waals surface area contributed by atoms with Crippen LogP contribution in [0.4, 0.5) is 5.69 Å². The summed E-state index contributed by atoms with van der Waals surface area (Å²) in [6, 6.07) is 7.17. The fraction of sp³-hybridized carbons (Fsp3) is 0.286. The maximum absolute atomic E-state index is 12.0. The van der Waals surface area contributed by atoms with E-state index in [-0.39, 0.29) is 5.91 Å². The molecule has 21 heavy (non-hydrogen) atoms. The number of hydrogen-bond donors (Lipinski definition) is 2. The summed E-state index contributed by atoms with van der Waals surface area (Å²) < 4.78 is 10.4. The van der Waals surface area contributed by atoms with Crippen LogP contribution in [0, 0.1) is 0 Å². The van der Waals surface area contributed by atoms with Crippen molar-refractivity contribution in [3.8, 4) is 5.75 Å². The van der Waals surface area contributed by atoms with Gasteiger partial charge in [-0.05, 0) is 12.1 Å². The molecule has 0 unspecified atom stereocenters. The van der Waals surface area contributed by atoms with Crippen LogP contribution in [0.1, 0.15) is 15.5 Å². The van der Waals surface area contributed by atoms with Gasteiger partial charge in [-0.15, -0.1) is 11.3 Å². The summed E-state index contributed by atoms with van der Waals surface area (Å²) in [4.78, 5) is 16.2. The topological polar surface area (TPSA) is 86.5 Å². The number of carbonyl (C=O) groups is 1. The minimum Gasteiger partial charge on any atom is -0.491 e. The molecule has 0 radical (unpaired) electrons. The van der Waals surface area contributed by atoms with E-state index < -0.39 is 0 Å². The first-order valence-corrected chi connectivity index (χ1v) is 7.28. The van der Waals surface area contributed by atoms with Crippen LogP contribution in [0.2, 0.25) is 0 Å². The van der Waals surface area contributed by atoms with Crippen molar-refractivity contribution < 1.29 is 14.3 Å². The number of rotatable bonds is 7. The van der Waals surface area contributed by atoms with Gasteiger partial charge in [0.2, 0.25) is 0 Å². The Bertz CT molecular complexity index is 601. The molecule has 1 aromatic carbocycles. The SMILES string of the molecule is COCCOc1cccc(NC(=O)c2csc(CN)n2)c1. The summed E-state index contributed by atoms with van der Waals surface area (Å²) in [5, 5.41) is 5.20. The number of amides is 1. The number of thiazole rings is 1. The molecule has 6 nitrogen and oxygen atoms in total. The zero-order valence-corrected chi connectivity index (χ0v) is 12.5. The summed E-state index contributed by atoms with van der Waals surface area (Å²) in [6.07, 6.45) is 0. The maximum atomic E-state index is 12.0. The molecule has 0 saturated carbocycles. The van der Waals surface area contributed by atoms with Crippen molar-refractivity contribution in [1.29, 1.82) is 0 Å². The van der Waals surface area contributed by atoms with E-state index >= 15 is 0 Å². The summed E-state index contributed by atoms with van der Waals surface area (Å²) in [7, 11) is 1.61. The van der Waals surface area contributed by atoms with Crippen molar-refractivity contribution in [3.05, 3.63) is 40.3 Å². The van der Waals surface area contributed by atoms with Crippen LogP contribution in [-0.4, -0.2) is 31.2 Å². The van der Waals surface area contributed by atoms with Gasteiger partial charge in [0, 0.05) is 30.8 Å². The van der Waals surface area contributed by atoms with E-state index in [1.807, 2.05) is 12.1 Å². The molecule has 0 aliphatic rings. The van der Waals surface area contributed by atoms with Gasteiger partial charge in [0.1, 0.15) is 23.1 Å². The number of nitrogens with two attached hydrogens (primary N) is 1. The Balaban J connectivity index is 1.98. The number of aromatic nitrogens is 1. The number of nitrogens with zero attached hydrogens (tertiary/aromatic N) is 1. The predicted molar refractivity (Wildman–Crippen MR) is 81.8 cm³/mol. The Kier molecular flexibility index (Phi) is 5.68. The molecule has 1 aromatic heterocycles.